The van der Waals surface area contributed by atoms with Crippen LogP contribution in [0.5, 0.6) is 0 Å². The van der Waals surface area contributed by atoms with E-state index in [2.05, 4.69) is 4.90 Å². The topological polar surface area (TPSA) is 42.0 Å². The zero-order valence-electron chi connectivity index (χ0n) is 10.4. The van der Waals surface area contributed by atoms with Crippen LogP contribution in [0.1, 0.15) is 0 Å². The van der Waals surface area contributed by atoms with Crippen LogP contribution >= 0.6 is 7.52 Å². The maximum Gasteiger partial charge on any atom is 0.268 e. The molecule has 1 rings (SSSR count). The monoisotopic (exact) mass is 246 g/mol. The van der Waals surface area contributed by atoms with E-state index in [0.29, 0.717) is 13.2 Å². The van der Waals surface area contributed by atoms with E-state index in [1.807, 2.05) is 7.05 Å². The van der Waals surface area contributed by atoms with Crippen molar-refractivity contribution >= 4 is 15.4 Å². The van der Waals surface area contributed by atoms with E-state index < -0.39 is 7.52 Å². The Morgan fingerprint density at radius 3 is 2.69 bits per heavy atom. The molecule has 0 amide bonds. The predicted molar refractivity (Wildman–Crippen MR) is 65.1 cm³/mol. The first-order chi connectivity index (χ1) is 7.31. The molecule has 16 heavy (non-hydrogen) atoms. The summed E-state index contributed by atoms with van der Waals surface area (Å²) in [5.41, 5.74) is 0. The molecule has 1 saturated heterocycles. The number of rotatable bonds is 4. The molecular weight excluding hydrogens is 226 g/mol. The van der Waals surface area contributed by atoms with Gasteiger partial charge in [-0.2, -0.15) is 0 Å². The highest BCUT2D eigenvalue weighted by atomic mass is 31.2. The number of ether oxygens (including phenoxy) is 1. The Hall–Kier alpha value is 0.135. The van der Waals surface area contributed by atoms with Gasteiger partial charge < -0.3 is 14.2 Å². The number of nitrogens with zero attached hydrogens (tertiary/aromatic N) is 2. The Morgan fingerprint density at radius 2 is 2.19 bits per heavy atom. The fourth-order valence-electron chi connectivity index (χ4n) is 1.49. The summed E-state index contributed by atoms with van der Waals surface area (Å²) in [6.07, 6.45) is -0.109. The van der Waals surface area contributed by atoms with Crippen LogP contribution in [0.2, 0.25) is 0 Å². The normalized spacial score (nSPS) is 31.6. The van der Waals surface area contributed by atoms with E-state index >= 15 is 0 Å². The summed E-state index contributed by atoms with van der Waals surface area (Å²) in [4.78, 5) is 2.08. The van der Waals surface area contributed by atoms with Crippen molar-refractivity contribution in [3.05, 3.63) is 0 Å². The summed E-state index contributed by atoms with van der Waals surface area (Å²) in [6, 6.07) is -0.289. The highest BCUT2D eigenvalue weighted by molar-refractivity contribution is 7.55. The molecule has 0 aromatic rings. The molecule has 3 unspecified atom stereocenters. The van der Waals surface area contributed by atoms with Gasteiger partial charge >= 0.3 is 0 Å². The highest BCUT2D eigenvalue weighted by Crippen LogP contribution is 2.44. The largest absolute Gasteiger partial charge is 0.380 e. The fraction of sp³-hybridized carbons (Fsp3) is 1.00. The van der Waals surface area contributed by atoms with Gasteiger partial charge in [-0.1, -0.05) is 0 Å². The van der Waals surface area contributed by atoms with E-state index in [4.69, 9.17) is 17.1 Å². The van der Waals surface area contributed by atoms with Crippen LogP contribution in [0.3, 0.4) is 0 Å². The summed E-state index contributed by atoms with van der Waals surface area (Å²) in [7, 11) is 8.49. The van der Waals surface area contributed by atoms with Crippen LogP contribution in [0.15, 0.2) is 0 Å². The van der Waals surface area contributed by atoms with Crippen molar-refractivity contribution in [1.29, 1.82) is 0 Å². The minimum atomic E-state index is -2.68. The average Bonchev–Trinajstić information content (AvgIpc) is 2.13. The molecule has 0 aliphatic carbocycles. The zero-order chi connectivity index (χ0) is 12.3. The van der Waals surface area contributed by atoms with Gasteiger partial charge in [-0.05, 0) is 21.1 Å². The lowest BCUT2D eigenvalue weighted by Gasteiger charge is -2.35. The molecule has 92 valence electrons. The lowest BCUT2D eigenvalue weighted by molar-refractivity contribution is -0.0600. The van der Waals surface area contributed by atoms with Crippen molar-refractivity contribution in [2.45, 2.75) is 12.1 Å². The molecule has 0 saturated carbocycles. The summed E-state index contributed by atoms with van der Waals surface area (Å²) < 4.78 is 24.4. The van der Waals surface area contributed by atoms with Gasteiger partial charge in [0.2, 0.25) is 0 Å². The molecular formula is C9H20BN2O3P. The van der Waals surface area contributed by atoms with Gasteiger partial charge in [0.15, 0.2) is 0 Å². The van der Waals surface area contributed by atoms with Crippen molar-refractivity contribution in [2.24, 2.45) is 0 Å². The third-order valence-corrected chi connectivity index (χ3v) is 4.68. The van der Waals surface area contributed by atoms with Crippen molar-refractivity contribution < 1.29 is 13.8 Å². The lowest BCUT2D eigenvalue weighted by Crippen LogP contribution is -2.47. The second-order valence-corrected chi connectivity index (χ2v) is 7.13. The minimum absolute atomic E-state index is 0.109. The molecule has 7 heteroatoms. The average molecular weight is 246 g/mol. The smallest absolute Gasteiger partial charge is 0.268 e. The fourth-order valence-corrected chi connectivity index (χ4v) is 2.17. The summed E-state index contributed by atoms with van der Waals surface area (Å²) in [5, 5.41) is 0. The number of hydrogen-bond donors (Lipinski definition) is 0. The van der Waals surface area contributed by atoms with Crippen LogP contribution in [0, 0.1) is 0 Å². The van der Waals surface area contributed by atoms with Gasteiger partial charge in [0, 0.05) is 25.8 Å². The van der Waals surface area contributed by atoms with Crippen LogP contribution in [0.4, 0.5) is 0 Å². The van der Waals surface area contributed by atoms with Crippen molar-refractivity contribution in [2.75, 3.05) is 47.5 Å². The van der Waals surface area contributed by atoms with Crippen molar-refractivity contribution in [3.63, 3.8) is 0 Å². The Kier molecular flexibility index (Phi) is 5.01. The Bertz CT molecular complexity index is 267. The molecule has 0 aromatic carbocycles. The third kappa shape index (κ3) is 4.19. The van der Waals surface area contributed by atoms with Crippen molar-refractivity contribution in [3.8, 4) is 0 Å². The van der Waals surface area contributed by atoms with E-state index in [-0.39, 0.29) is 12.1 Å². The van der Waals surface area contributed by atoms with Gasteiger partial charge in [0.1, 0.15) is 7.85 Å². The van der Waals surface area contributed by atoms with Crippen LogP contribution in [0.25, 0.3) is 0 Å². The quantitative estimate of drug-likeness (QED) is 0.524. The van der Waals surface area contributed by atoms with E-state index in [0.717, 1.165) is 6.54 Å². The zero-order valence-corrected chi connectivity index (χ0v) is 11.3. The second kappa shape index (κ2) is 5.65. The first kappa shape index (κ1) is 14.2. The molecule has 5 nitrogen and oxygen atoms in total. The lowest BCUT2D eigenvalue weighted by atomic mass is 9.98. The van der Waals surface area contributed by atoms with E-state index in [9.17, 15) is 4.57 Å². The molecule has 1 fully saturated rings. The van der Waals surface area contributed by atoms with Crippen molar-refractivity contribution in [1.82, 2.24) is 9.57 Å². The Labute approximate surface area is 99.0 Å². The Morgan fingerprint density at radius 1 is 1.56 bits per heavy atom. The van der Waals surface area contributed by atoms with Gasteiger partial charge in [0.25, 0.3) is 7.52 Å². The van der Waals surface area contributed by atoms with E-state index in [1.54, 1.807) is 25.4 Å². The minimum Gasteiger partial charge on any atom is -0.380 e. The maximum atomic E-state index is 11.9. The Balaban J connectivity index is 2.40. The molecule has 0 N–H and O–H groups in total. The predicted octanol–water partition coefficient (Wildman–Crippen LogP) is 0.213. The van der Waals surface area contributed by atoms with Gasteiger partial charge in [0.05, 0.1) is 12.7 Å². The molecule has 1 aliphatic heterocycles. The van der Waals surface area contributed by atoms with Crippen LogP contribution in [-0.4, -0.2) is 77.0 Å². The molecule has 0 spiro atoms. The van der Waals surface area contributed by atoms with Crippen LogP contribution < -0.4 is 0 Å². The first-order valence-electron chi connectivity index (χ1n) is 5.30. The molecule has 2 radical (unpaired) electrons. The standard InChI is InChI=1S/C9H20BN2O3P/c1-11(2)16(4,13)14-7-8-5-12(3)6-9(10)15-8/h8-9H,5-7H2,1-4H3. The second-order valence-electron chi connectivity index (χ2n) is 4.46. The first-order valence-corrected chi connectivity index (χ1v) is 7.33. The SMILES string of the molecule is [B]C1CN(C)CC(COP(C)(=O)N(C)C)O1. The third-order valence-electron chi connectivity index (χ3n) is 2.60. The number of hydrogen-bond acceptors (Lipinski definition) is 4. The summed E-state index contributed by atoms with van der Waals surface area (Å²) in [6.45, 7) is 3.37. The number of likely N-dealkylation sites (N-methyl/N-ethyl adjacent to an activating group) is 1. The van der Waals surface area contributed by atoms with Gasteiger partial charge in [-0.3, -0.25) is 4.57 Å². The van der Waals surface area contributed by atoms with E-state index in [1.165, 1.54) is 0 Å². The maximum absolute atomic E-state index is 11.9. The number of morpholine rings is 1. The van der Waals surface area contributed by atoms with Gasteiger partial charge in [-0.15, -0.1) is 0 Å². The molecule has 0 aromatic heterocycles. The van der Waals surface area contributed by atoms with Crippen LogP contribution in [-0.2, 0) is 13.8 Å². The molecule has 3 atom stereocenters. The highest BCUT2D eigenvalue weighted by Gasteiger charge is 2.26. The summed E-state index contributed by atoms with van der Waals surface area (Å²) >= 11 is 0. The molecule has 1 aliphatic rings. The molecule has 0 bridgehead atoms. The summed E-state index contributed by atoms with van der Waals surface area (Å²) in [5.74, 6) is 0. The van der Waals surface area contributed by atoms with Gasteiger partial charge in [-0.25, -0.2) is 4.67 Å². The molecule has 1 heterocycles.